The summed E-state index contributed by atoms with van der Waals surface area (Å²) in [5.41, 5.74) is 4.61. The first kappa shape index (κ1) is 19.4. The maximum Gasteiger partial charge on any atom is 0.323 e. The maximum absolute atomic E-state index is 13.0. The molecule has 0 bridgehead atoms. The molecule has 0 unspecified atom stereocenters. The van der Waals surface area contributed by atoms with Crippen LogP contribution in [0.4, 0.5) is 0 Å². The molecule has 4 heteroatoms. The second-order valence-electron chi connectivity index (χ2n) is 7.73. The van der Waals surface area contributed by atoms with Crippen LogP contribution in [0.25, 0.3) is 5.57 Å². The van der Waals surface area contributed by atoms with Crippen molar-refractivity contribution in [3.05, 3.63) is 76.9 Å². The zero-order chi connectivity index (χ0) is 20.4. The lowest BCUT2D eigenvalue weighted by Gasteiger charge is -2.26. The van der Waals surface area contributed by atoms with Crippen LogP contribution < -0.4 is 0 Å². The number of fused-ring (bicyclic) bond motifs is 2. The number of carbonyl (C=O) groups excluding carboxylic acids is 2. The van der Waals surface area contributed by atoms with Crippen LogP contribution in [0.2, 0.25) is 0 Å². The molecule has 0 saturated heterocycles. The summed E-state index contributed by atoms with van der Waals surface area (Å²) >= 11 is 0. The van der Waals surface area contributed by atoms with Crippen LogP contribution in [0.1, 0.15) is 43.4 Å². The van der Waals surface area contributed by atoms with Crippen LogP contribution in [-0.4, -0.2) is 25.2 Å². The summed E-state index contributed by atoms with van der Waals surface area (Å²) < 4.78 is 10.7. The average Bonchev–Trinajstić information content (AvgIpc) is 3.13. The predicted octanol–water partition coefficient (Wildman–Crippen LogP) is 4.57. The molecule has 0 heterocycles. The first-order valence-corrected chi connectivity index (χ1v) is 10.3. The zero-order valence-electron chi connectivity index (χ0n) is 16.9. The third-order valence-electron chi connectivity index (χ3n) is 6.05. The summed E-state index contributed by atoms with van der Waals surface area (Å²) in [6.45, 7) is 4.03. The molecule has 2 aliphatic rings. The number of ether oxygens (including phenoxy) is 2. The molecule has 0 aromatic heterocycles. The topological polar surface area (TPSA) is 52.6 Å². The van der Waals surface area contributed by atoms with Crippen molar-refractivity contribution in [3.63, 3.8) is 0 Å². The molecule has 1 atom stereocenters. The molecule has 4 nitrogen and oxygen atoms in total. The molecule has 29 heavy (non-hydrogen) atoms. The standard InChI is InChI=1S/C25H26O4/c1-3-28-23(26)25(24(27)29-4-2)15-19-14-18-12-8-9-13-20(18)22(21(19)16-25)17-10-6-5-7-11-17/h5-13,19H,3-4,14-16H2,1-2H3/t19-/m0/s1. The maximum atomic E-state index is 13.0. The summed E-state index contributed by atoms with van der Waals surface area (Å²) in [5, 5.41) is 0. The first-order chi connectivity index (χ1) is 14.1. The van der Waals surface area contributed by atoms with Gasteiger partial charge in [0.25, 0.3) is 0 Å². The molecular weight excluding hydrogens is 364 g/mol. The highest BCUT2D eigenvalue weighted by Gasteiger charge is 2.57. The molecule has 2 aliphatic carbocycles. The van der Waals surface area contributed by atoms with E-state index in [0.29, 0.717) is 12.8 Å². The number of benzene rings is 2. The summed E-state index contributed by atoms with van der Waals surface area (Å²) in [7, 11) is 0. The van der Waals surface area contributed by atoms with Crippen molar-refractivity contribution in [1.29, 1.82) is 0 Å². The van der Waals surface area contributed by atoms with Gasteiger partial charge in [0.05, 0.1) is 13.2 Å². The lowest BCUT2D eigenvalue weighted by molar-refractivity contribution is -0.171. The van der Waals surface area contributed by atoms with Gasteiger partial charge in [-0.1, -0.05) is 60.2 Å². The fourth-order valence-electron chi connectivity index (χ4n) is 4.83. The van der Waals surface area contributed by atoms with E-state index in [4.69, 9.17) is 9.47 Å². The van der Waals surface area contributed by atoms with Crippen LogP contribution >= 0.6 is 0 Å². The third kappa shape index (κ3) is 3.27. The first-order valence-electron chi connectivity index (χ1n) is 10.3. The molecular formula is C25H26O4. The Bertz CT molecular complexity index is 940. The number of hydrogen-bond donors (Lipinski definition) is 0. The minimum absolute atomic E-state index is 0.119. The van der Waals surface area contributed by atoms with Crippen LogP contribution in [0.3, 0.4) is 0 Å². The number of allylic oxidation sites excluding steroid dienone is 1. The van der Waals surface area contributed by atoms with E-state index < -0.39 is 17.4 Å². The number of esters is 2. The van der Waals surface area contributed by atoms with Crippen LogP contribution in [0.5, 0.6) is 0 Å². The molecule has 0 amide bonds. The normalized spacial score (nSPS) is 19.3. The monoisotopic (exact) mass is 390 g/mol. The van der Waals surface area contributed by atoms with Crippen molar-refractivity contribution >= 4 is 17.5 Å². The van der Waals surface area contributed by atoms with Crippen LogP contribution in [0, 0.1) is 11.3 Å². The Kier molecular flexibility index (Phi) is 5.27. The van der Waals surface area contributed by atoms with E-state index in [9.17, 15) is 9.59 Å². The fraction of sp³-hybridized carbons (Fsp3) is 0.360. The van der Waals surface area contributed by atoms with Crippen molar-refractivity contribution in [1.82, 2.24) is 0 Å². The average molecular weight is 390 g/mol. The molecule has 150 valence electrons. The van der Waals surface area contributed by atoms with Gasteiger partial charge in [0.1, 0.15) is 0 Å². The Morgan fingerprint density at radius 3 is 2.21 bits per heavy atom. The van der Waals surface area contributed by atoms with Crippen molar-refractivity contribution in [2.45, 2.75) is 33.1 Å². The highest BCUT2D eigenvalue weighted by Crippen LogP contribution is 2.54. The van der Waals surface area contributed by atoms with Crippen LogP contribution in [0.15, 0.2) is 60.2 Å². The van der Waals surface area contributed by atoms with E-state index in [0.717, 1.165) is 23.1 Å². The number of rotatable bonds is 5. The van der Waals surface area contributed by atoms with Crippen molar-refractivity contribution in [2.24, 2.45) is 11.3 Å². The molecule has 2 aromatic carbocycles. The van der Waals surface area contributed by atoms with Gasteiger partial charge in [-0.25, -0.2) is 0 Å². The molecule has 1 fully saturated rings. The highest BCUT2D eigenvalue weighted by atomic mass is 16.6. The summed E-state index contributed by atoms with van der Waals surface area (Å²) in [6, 6.07) is 18.6. The lowest BCUT2D eigenvalue weighted by Crippen LogP contribution is -2.40. The van der Waals surface area contributed by atoms with Gasteiger partial charge in [0, 0.05) is 0 Å². The SMILES string of the molecule is CCOC(=O)C1(C(=O)OCC)CC2=C(c3ccccc3)c3ccccc3C[C@H]2C1. The summed E-state index contributed by atoms with van der Waals surface area (Å²) in [4.78, 5) is 26.0. The van der Waals surface area contributed by atoms with E-state index in [1.807, 2.05) is 30.3 Å². The molecule has 0 radical (unpaired) electrons. The third-order valence-corrected chi connectivity index (χ3v) is 6.05. The number of carbonyl (C=O) groups is 2. The van der Waals surface area contributed by atoms with E-state index >= 15 is 0 Å². The van der Waals surface area contributed by atoms with Crippen molar-refractivity contribution < 1.29 is 19.1 Å². The van der Waals surface area contributed by atoms with E-state index in [-0.39, 0.29) is 19.1 Å². The minimum atomic E-state index is -1.26. The molecule has 1 saturated carbocycles. The molecule has 0 aliphatic heterocycles. The molecule has 0 N–H and O–H groups in total. The lowest BCUT2D eigenvalue weighted by atomic mass is 9.78. The van der Waals surface area contributed by atoms with Gasteiger partial charge in [0.2, 0.25) is 0 Å². The largest absolute Gasteiger partial charge is 0.465 e. The Morgan fingerprint density at radius 1 is 0.931 bits per heavy atom. The second-order valence-corrected chi connectivity index (χ2v) is 7.73. The minimum Gasteiger partial charge on any atom is -0.465 e. The van der Waals surface area contributed by atoms with Gasteiger partial charge in [0.15, 0.2) is 5.41 Å². The second kappa shape index (κ2) is 7.86. The predicted molar refractivity (Wildman–Crippen MR) is 111 cm³/mol. The van der Waals surface area contributed by atoms with Gasteiger partial charge in [-0.15, -0.1) is 0 Å². The van der Waals surface area contributed by atoms with Crippen molar-refractivity contribution in [2.75, 3.05) is 13.2 Å². The fourth-order valence-corrected chi connectivity index (χ4v) is 4.83. The van der Waals surface area contributed by atoms with E-state index in [2.05, 4.69) is 24.3 Å². The highest BCUT2D eigenvalue weighted by molar-refractivity contribution is 6.02. The Balaban J connectivity index is 1.87. The molecule has 4 rings (SSSR count). The van der Waals surface area contributed by atoms with Gasteiger partial charge in [-0.3, -0.25) is 9.59 Å². The van der Waals surface area contributed by atoms with Gasteiger partial charge >= 0.3 is 11.9 Å². The smallest absolute Gasteiger partial charge is 0.323 e. The number of hydrogen-bond acceptors (Lipinski definition) is 4. The van der Waals surface area contributed by atoms with Gasteiger partial charge in [-0.05, 0) is 61.3 Å². The van der Waals surface area contributed by atoms with Crippen molar-refractivity contribution in [3.8, 4) is 0 Å². The van der Waals surface area contributed by atoms with Crippen LogP contribution in [-0.2, 0) is 25.5 Å². The van der Waals surface area contributed by atoms with Gasteiger partial charge in [-0.2, -0.15) is 0 Å². The Morgan fingerprint density at radius 2 is 1.55 bits per heavy atom. The van der Waals surface area contributed by atoms with E-state index in [1.54, 1.807) is 13.8 Å². The van der Waals surface area contributed by atoms with E-state index in [1.165, 1.54) is 11.1 Å². The summed E-state index contributed by atoms with van der Waals surface area (Å²) in [5.74, 6) is -0.803. The Hall–Kier alpha value is -2.88. The Labute approximate surface area is 171 Å². The van der Waals surface area contributed by atoms with Gasteiger partial charge < -0.3 is 9.47 Å². The summed E-state index contributed by atoms with van der Waals surface area (Å²) in [6.07, 6.45) is 1.61. The zero-order valence-corrected chi connectivity index (χ0v) is 16.9. The quantitative estimate of drug-likeness (QED) is 0.554. The molecule has 0 spiro atoms. The molecule has 2 aromatic rings.